The van der Waals surface area contributed by atoms with Gasteiger partial charge in [0.1, 0.15) is 24.3 Å². The molecule has 0 amide bonds. The van der Waals surface area contributed by atoms with Gasteiger partial charge in [-0.3, -0.25) is 9.78 Å². The summed E-state index contributed by atoms with van der Waals surface area (Å²) >= 11 is 0. The fourth-order valence-electron chi connectivity index (χ4n) is 1.61. The molecule has 0 spiro atoms. The summed E-state index contributed by atoms with van der Waals surface area (Å²) < 4.78 is 1.88. The van der Waals surface area contributed by atoms with Crippen LogP contribution < -0.4 is 5.32 Å². The summed E-state index contributed by atoms with van der Waals surface area (Å²) in [6, 6.07) is 0.0806. The molecule has 0 aliphatic rings. The van der Waals surface area contributed by atoms with Gasteiger partial charge in [0, 0.05) is 13.0 Å². The molecule has 2 rings (SSSR count). The molecule has 0 radical (unpaired) electrons. The number of hydrogen-bond acceptors (Lipinski definition) is 5. The number of aromatic amines is 1. The minimum absolute atomic E-state index is 0.0806. The lowest BCUT2D eigenvalue weighted by Crippen LogP contribution is -2.22. The van der Waals surface area contributed by atoms with Crippen LogP contribution >= 0.6 is 0 Å². The summed E-state index contributed by atoms with van der Waals surface area (Å²) in [5.74, 6) is 1.76. The van der Waals surface area contributed by atoms with Crippen molar-refractivity contribution in [1.29, 1.82) is 0 Å². The van der Waals surface area contributed by atoms with Gasteiger partial charge in [0.25, 0.3) is 0 Å². The first-order valence-electron chi connectivity index (χ1n) is 5.24. The third kappa shape index (κ3) is 2.08. The van der Waals surface area contributed by atoms with E-state index in [1.165, 1.54) is 6.33 Å². The summed E-state index contributed by atoms with van der Waals surface area (Å²) in [6.45, 7) is 2.86. The largest absolute Gasteiger partial charge is 0.310 e. The molecule has 1 unspecified atom stereocenters. The van der Waals surface area contributed by atoms with E-state index in [0.717, 1.165) is 24.6 Å². The molecule has 0 bridgehead atoms. The molecule has 2 aromatic rings. The van der Waals surface area contributed by atoms with Gasteiger partial charge in [-0.15, -0.1) is 0 Å². The Kier molecular flexibility index (Phi) is 3.25. The molecule has 16 heavy (non-hydrogen) atoms. The lowest BCUT2D eigenvalue weighted by atomic mass is 10.2. The number of aryl methyl sites for hydroxylation is 1. The molecule has 1 atom stereocenters. The lowest BCUT2D eigenvalue weighted by molar-refractivity contribution is 0.514. The highest BCUT2D eigenvalue weighted by molar-refractivity contribution is 4.98. The molecule has 2 aromatic heterocycles. The van der Waals surface area contributed by atoms with Crippen LogP contribution in [0.2, 0.25) is 0 Å². The highest BCUT2D eigenvalue weighted by atomic mass is 15.3. The molecular weight excluding hydrogens is 206 g/mol. The topological polar surface area (TPSA) is 84.3 Å². The SMILES string of the molecule is CCn1ncnc1CC(NC)c1ncn[nH]1. The van der Waals surface area contributed by atoms with Crippen molar-refractivity contribution in [3.63, 3.8) is 0 Å². The second-order valence-electron chi connectivity index (χ2n) is 3.41. The van der Waals surface area contributed by atoms with E-state index in [4.69, 9.17) is 0 Å². The summed E-state index contributed by atoms with van der Waals surface area (Å²) in [5, 5.41) is 14.0. The Morgan fingerprint density at radius 2 is 2.31 bits per heavy atom. The maximum atomic E-state index is 4.23. The molecule has 2 N–H and O–H groups in total. The smallest absolute Gasteiger partial charge is 0.141 e. The van der Waals surface area contributed by atoms with Gasteiger partial charge < -0.3 is 5.32 Å². The molecule has 0 saturated carbocycles. The van der Waals surface area contributed by atoms with Gasteiger partial charge in [-0.05, 0) is 14.0 Å². The zero-order valence-electron chi connectivity index (χ0n) is 9.38. The number of rotatable bonds is 5. The van der Waals surface area contributed by atoms with Crippen molar-refractivity contribution in [3.05, 3.63) is 24.3 Å². The van der Waals surface area contributed by atoms with Crippen LogP contribution in [0.25, 0.3) is 0 Å². The molecule has 86 valence electrons. The van der Waals surface area contributed by atoms with Gasteiger partial charge >= 0.3 is 0 Å². The lowest BCUT2D eigenvalue weighted by Gasteiger charge is -2.12. The number of nitrogens with one attached hydrogen (secondary N) is 2. The second kappa shape index (κ2) is 4.84. The van der Waals surface area contributed by atoms with Gasteiger partial charge in [0.05, 0.1) is 6.04 Å². The Hall–Kier alpha value is -1.76. The quantitative estimate of drug-likeness (QED) is 0.737. The summed E-state index contributed by atoms with van der Waals surface area (Å²) in [6.07, 6.45) is 3.82. The van der Waals surface area contributed by atoms with Crippen LogP contribution in [0.5, 0.6) is 0 Å². The van der Waals surface area contributed by atoms with Crippen molar-refractivity contribution >= 4 is 0 Å². The third-order valence-corrected chi connectivity index (χ3v) is 2.49. The predicted octanol–water partition coefficient (Wildman–Crippen LogP) is -0.0807. The van der Waals surface area contributed by atoms with Crippen LogP contribution in [0.15, 0.2) is 12.7 Å². The van der Waals surface area contributed by atoms with E-state index in [2.05, 4.69) is 30.6 Å². The summed E-state index contributed by atoms with van der Waals surface area (Å²) in [7, 11) is 1.89. The zero-order chi connectivity index (χ0) is 11.4. The maximum absolute atomic E-state index is 4.23. The molecule has 0 aliphatic carbocycles. The van der Waals surface area contributed by atoms with Crippen molar-refractivity contribution < 1.29 is 0 Å². The minimum atomic E-state index is 0.0806. The highest BCUT2D eigenvalue weighted by Gasteiger charge is 2.15. The van der Waals surface area contributed by atoms with Crippen molar-refractivity contribution in [2.75, 3.05) is 7.05 Å². The van der Waals surface area contributed by atoms with E-state index in [1.807, 2.05) is 18.7 Å². The first kappa shape index (κ1) is 10.7. The van der Waals surface area contributed by atoms with Crippen LogP contribution in [0.3, 0.4) is 0 Å². The highest BCUT2D eigenvalue weighted by Crippen LogP contribution is 2.11. The molecular formula is C9H15N7. The van der Waals surface area contributed by atoms with Crippen molar-refractivity contribution in [1.82, 2.24) is 35.3 Å². The average Bonchev–Trinajstić information content (AvgIpc) is 2.96. The van der Waals surface area contributed by atoms with Crippen molar-refractivity contribution in [2.45, 2.75) is 25.9 Å². The third-order valence-electron chi connectivity index (χ3n) is 2.49. The number of likely N-dealkylation sites (N-methyl/N-ethyl adjacent to an activating group) is 1. The summed E-state index contributed by atoms with van der Waals surface area (Å²) in [5.41, 5.74) is 0. The molecule has 7 nitrogen and oxygen atoms in total. The van der Waals surface area contributed by atoms with Crippen LogP contribution in [0, 0.1) is 0 Å². The first-order valence-corrected chi connectivity index (χ1v) is 5.24. The second-order valence-corrected chi connectivity index (χ2v) is 3.41. The molecule has 2 heterocycles. The Bertz CT molecular complexity index is 419. The zero-order valence-corrected chi connectivity index (χ0v) is 9.38. The van der Waals surface area contributed by atoms with Crippen LogP contribution in [-0.4, -0.2) is 37.0 Å². The van der Waals surface area contributed by atoms with Gasteiger partial charge in [-0.25, -0.2) is 9.97 Å². The Morgan fingerprint density at radius 1 is 1.44 bits per heavy atom. The fourth-order valence-corrected chi connectivity index (χ4v) is 1.61. The Morgan fingerprint density at radius 3 is 2.94 bits per heavy atom. The number of aromatic nitrogens is 6. The standard InChI is InChI=1S/C9H15N7/c1-3-16-8(11-6-14-16)4-7(10-2)9-12-5-13-15-9/h5-7,10H,3-4H2,1-2H3,(H,12,13,15). The Labute approximate surface area is 93.3 Å². The minimum Gasteiger partial charge on any atom is -0.310 e. The Balaban J connectivity index is 2.13. The van der Waals surface area contributed by atoms with Crippen molar-refractivity contribution in [2.24, 2.45) is 0 Å². The number of nitrogens with zero attached hydrogens (tertiary/aromatic N) is 5. The normalized spacial score (nSPS) is 12.9. The van der Waals surface area contributed by atoms with Crippen LogP contribution in [0.4, 0.5) is 0 Å². The summed E-state index contributed by atoms with van der Waals surface area (Å²) in [4.78, 5) is 8.37. The van der Waals surface area contributed by atoms with Crippen LogP contribution in [-0.2, 0) is 13.0 Å². The average molecular weight is 221 g/mol. The molecule has 0 aliphatic heterocycles. The fraction of sp³-hybridized carbons (Fsp3) is 0.556. The predicted molar refractivity (Wildman–Crippen MR) is 57.6 cm³/mol. The van der Waals surface area contributed by atoms with E-state index in [0.29, 0.717) is 0 Å². The molecule has 0 saturated heterocycles. The van der Waals surface area contributed by atoms with Crippen molar-refractivity contribution in [3.8, 4) is 0 Å². The van der Waals surface area contributed by atoms with Gasteiger partial charge in [0.2, 0.25) is 0 Å². The van der Waals surface area contributed by atoms with Gasteiger partial charge in [-0.1, -0.05) is 0 Å². The first-order chi connectivity index (χ1) is 7.85. The van der Waals surface area contributed by atoms with Gasteiger partial charge in [0.15, 0.2) is 0 Å². The molecule has 0 aromatic carbocycles. The molecule has 0 fully saturated rings. The number of H-pyrrole nitrogens is 1. The van der Waals surface area contributed by atoms with Gasteiger partial charge in [-0.2, -0.15) is 10.2 Å². The van der Waals surface area contributed by atoms with E-state index in [1.54, 1.807) is 6.33 Å². The monoisotopic (exact) mass is 221 g/mol. The maximum Gasteiger partial charge on any atom is 0.141 e. The molecule has 7 heteroatoms. The van der Waals surface area contributed by atoms with E-state index >= 15 is 0 Å². The number of hydrogen-bond donors (Lipinski definition) is 2. The van der Waals surface area contributed by atoms with Crippen LogP contribution in [0.1, 0.15) is 24.6 Å². The van der Waals surface area contributed by atoms with E-state index in [-0.39, 0.29) is 6.04 Å². The van der Waals surface area contributed by atoms with E-state index < -0.39 is 0 Å². The van der Waals surface area contributed by atoms with E-state index in [9.17, 15) is 0 Å².